The molecule has 1 fully saturated rings. The number of hydrogen-bond donors (Lipinski definition) is 1. The summed E-state index contributed by atoms with van der Waals surface area (Å²) >= 11 is 0. The van der Waals surface area contributed by atoms with Crippen LogP contribution in [0.25, 0.3) is 0 Å². The minimum atomic E-state index is -4.67. The number of aliphatic hydroxyl groups excluding tert-OH is 1. The molecule has 0 aromatic carbocycles. The van der Waals surface area contributed by atoms with Gasteiger partial charge in [0.1, 0.15) is 0 Å². The maximum atomic E-state index is 12.9. The first-order valence-corrected chi connectivity index (χ1v) is 7.07. The average Bonchev–Trinajstić information content (AvgIpc) is 2.46. The summed E-state index contributed by atoms with van der Waals surface area (Å²) in [7, 11) is 0. The lowest BCUT2D eigenvalue weighted by Gasteiger charge is -2.34. The maximum Gasteiger partial charge on any atom is 0.418 e. The second-order valence-corrected chi connectivity index (χ2v) is 5.60. The van der Waals surface area contributed by atoms with Crippen LogP contribution < -0.4 is 0 Å². The number of aromatic nitrogens is 1. The molecule has 1 aliphatic rings. The summed E-state index contributed by atoms with van der Waals surface area (Å²) in [6, 6.07) is 2.13. The molecule has 130 valence electrons. The fourth-order valence-electron chi connectivity index (χ4n) is 2.73. The van der Waals surface area contributed by atoms with E-state index in [9.17, 15) is 31.4 Å². The molecule has 0 saturated carbocycles. The first kappa shape index (κ1) is 18.0. The van der Waals surface area contributed by atoms with Crippen molar-refractivity contribution in [2.75, 3.05) is 13.1 Å². The van der Waals surface area contributed by atoms with E-state index in [1.54, 1.807) is 4.90 Å². The summed E-state index contributed by atoms with van der Waals surface area (Å²) in [5.41, 5.74) is -0.979. The lowest BCUT2D eigenvalue weighted by atomic mass is 9.90. The van der Waals surface area contributed by atoms with Gasteiger partial charge in [0.2, 0.25) is 0 Å². The smallest absolute Gasteiger partial charge is 0.383 e. The van der Waals surface area contributed by atoms with Crippen LogP contribution in [-0.4, -0.2) is 40.4 Å². The minimum Gasteiger partial charge on any atom is -0.383 e. The van der Waals surface area contributed by atoms with Gasteiger partial charge in [-0.2, -0.15) is 26.3 Å². The Labute approximate surface area is 128 Å². The van der Waals surface area contributed by atoms with Crippen molar-refractivity contribution in [3.63, 3.8) is 0 Å². The summed E-state index contributed by atoms with van der Waals surface area (Å²) in [5, 5.41) is 9.23. The Morgan fingerprint density at radius 1 is 1.17 bits per heavy atom. The third-order valence-electron chi connectivity index (χ3n) is 3.98. The molecular formula is C14H16F6N2O. The fraction of sp³-hybridized carbons (Fsp3) is 0.643. The van der Waals surface area contributed by atoms with E-state index in [1.165, 1.54) is 12.3 Å². The minimum absolute atomic E-state index is 0.0782. The van der Waals surface area contributed by atoms with Gasteiger partial charge < -0.3 is 5.11 Å². The van der Waals surface area contributed by atoms with E-state index >= 15 is 0 Å². The van der Waals surface area contributed by atoms with Gasteiger partial charge in [-0.15, -0.1) is 0 Å². The van der Waals surface area contributed by atoms with Crippen molar-refractivity contribution in [2.24, 2.45) is 5.92 Å². The molecule has 9 heteroatoms. The molecule has 1 aromatic rings. The molecule has 0 radical (unpaired) electrons. The van der Waals surface area contributed by atoms with Gasteiger partial charge in [0.15, 0.2) is 6.10 Å². The van der Waals surface area contributed by atoms with Crippen LogP contribution in [0.3, 0.4) is 0 Å². The van der Waals surface area contributed by atoms with Gasteiger partial charge in [-0.3, -0.25) is 9.88 Å². The molecule has 0 spiro atoms. The van der Waals surface area contributed by atoms with Gasteiger partial charge in [-0.05, 0) is 44.0 Å². The van der Waals surface area contributed by atoms with Gasteiger partial charge in [0.05, 0.1) is 11.3 Å². The number of halogens is 6. The number of alkyl halides is 6. The Morgan fingerprint density at radius 2 is 1.78 bits per heavy atom. The molecule has 2 rings (SSSR count). The van der Waals surface area contributed by atoms with Gasteiger partial charge >= 0.3 is 12.4 Å². The number of aliphatic hydroxyl groups is 1. The number of rotatable bonds is 3. The molecule has 0 amide bonds. The predicted molar refractivity (Wildman–Crippen MR) is 69.3 cm³/mol. The molecular weight excluding hydrogens is 326 g/mol. The molecule has 1 unspecified atom stereocenters. The van der Waals surface area contributed by atoms with Crippen LogP contribution in [0, 0.1) is 5.92 Å². The molecule has 1 N–H and O–H groups in total. The molecule has 2 heterocycles. The molecule has 1 atom stereocenters. The predicted octanol–water partition coefficient (Wildman–Crippen LogP) is 3.24. The molecule has 1 saturated heterocycles. The maximum absolute atomic E-state index is 12.9. The summed E-state index contributed by atoms with van der Waals surface area (Å²) in [5.74, 6) is -0.919. The van der Waals surface area contributed by atoms with Crippen LogP contribution in [0.15, 0.2) is 18.3 Å². The van der Waals surface area contributed by atoms with Crippen LogP contribution in [-0.2, 0) is 12.7 Å². The number of piperidine rings is 1. The Hall–Kier alpha value is -1.35. The van der Waals surface area contributed by atoms with Crippen molar-refractivity contribution in [2.45, 2.75) is 37.8 Å². The normalized spacial score (nSPS) is 19.8. The number of pyridine rings is 1. The lowest BCUT2D eigenvalue weighted by molar-refractivity contribution is -0.223. The third kappa shape index (κ3) is 4.57. The molecule has 1 aromatic heterocycles. The Kier molecular flexibility index (Phi) is 5.20. The van der Waals surface area contributed by atoms with Crippen LogP contribution >= 0.6 is 0 Å². The van der Waals surface area contributed by atoms with E-state index in [1.807, 2.05) is 0 Å². The SMILES string of the molecule is OC(C1CCN(Cc2ncccc2C(F)(F)F)CC1)C(F)(F)F. The highest BCUT2D eigenvalue weighted by molar-refractivity contribution is 5.23. The van der Waals surface area contributed by atoms with E-state index < -0.39 is 29.9 Å². The summed E-state index contributed by atoms with van der Waals surface area (Å²) in [4.78, 5) is 5.36. The van der Waals surface area contributed by atoms with E-state index in [0.29, 0.717) is 0 Å². The summed E-state index contributed by atoms with van der Waals surface area (Å²) < 4.78 is 76.0. The quantitative estimate of drug-likeness (QED) is 0.857. The van der Waals surface area contributed by atoms with Crippen molar-refractivity contribution in [1.82, 2.24) is 9.88 Å². The molecule has 3 nitrogen and oxygen atoms in total. The first-order valence-electron chi connectivity index (χ1n) is 7.07. The number of likely N-dealkylation sites (tertiary alicyclic amines) is 1. The molecule has 0 bridgehead atoms. The second kappa shape index (κ2) is 6.64. The van der Waals surface area contributed by atoms with Crippen LogP contribution in [0.1, 0.15) is 24.1 Å². The van der Waals surface area contributed by atoms with E-state index in [4.69, 9.17) is 0 Å². The largest absolute Gasteiger partial charge is 0.418 e. The average molecular weight is 342 g/mol. The van der Waals surface area contributed by atoms with Gasteiger partial charge in [0, 0.05) is 12.7 Å². The highest BCUT2D eigenvalue weighted by atomic mass is 19.4. The van der Waals surface area contributed by atoms with Crippen LogP contribution in [0.4, 0.5) is 26.3 Å². The Balaban J connectivity index is 1.98. The van der Waals surface area contributed by atoms with Crippen LogP contribution in [0.5, 0.6) is 0 Å². The standard InChI is InChI=1S/C14H16F6N2O/c15-13(16,17)10-2-1-5-21-11(10)8-22-6-3-9(4-7-22)12(23)14(18,19)20/h1-2,5,9,12,23H,3-4,6-8H2. The number of hydrogen-bond acceptors (Lipinski definition) is 3. The molecule has 1 aliphatic heterocycles. The third-order valence-corrected chi connectivity index (χ3v) is 3.98. The second-order valence-electron chi connectivity index (χ2n) is 5.60. The van der Waals surface area contributed by atoms with E-state index in [0.717, 1.165) is 6.07 Å². The topological polar surface area (TPSA) is 36.4 Å². The van der Waals surface area contributed by atoms with Crippen molar-refractivity contribution in [1.29, 1.82) is 0 Å². The zero-order chi connectivity index (χ0) is 17.3. The number of nitrogens with zero attached hydrogens (tertiary/aromatic N) is 2. The Morgan fingerprint density at radius 3 is 2.30 bits per heavy atom. The van der Waals surface area contributed by atoms with E-state index in [2.05, 4.69) is 4.98 Å². The fourth-order valence-corrected chi connectivity index (χ4v) is 2.73. The zero-order valence-electron chi connectivity index (χ0n) is 12.0. The highest BCUT2D eigenvalue weighted by Gasteiger charge is 2.44. The van der Waals surface area contributed by atoms with Crippen molar-refractivity contribution in [3.05, 3.63) is 29.6 Å². The Bertz CT molecular complexity index is 523. The summed E-state index contributed by atoms with van der Waals surface area (Å²) in [6.45, 7) is 0.294. The highest BCUT2D eigenvalue weighted by Crippen LogP contribution is 2.34. The van der Waals surface area contributed by atoms with Gasteiger partial charge in [0.25, 0.3) is 0 Å². The first-order chi connectivity index (χ1) is 10.6. The van der Waals surface area contributed by atoms with Crippen molar-refractivity contribution in [3.8, 4) is 0 Å². The van der Waals surface area contributed by atoms with Gasteiger partial charge in [-0.1, -0.05) is 0 Å². The summed E-state index contributed by atoms with van der Waals surface area (Å²) in [6.07, 6.45) is -10.2. The monoisotopic (exact) mass is 342 g/mol. The van der Waals surface area contributed by atoms with E-state index in [-0.39, 0.29) is 38.2 Å². The molecule has 0 aliphatic carbocycles. The van der Waals surface area contributed by atoms with Crippen LogP contribution in [0.2, 0.25) is 0 Å². The van der Waals surface area contributed by atoms with Crippen molar-refractivity contribution >= 4 is 0 Å². The van der Waals surface area contributed by atoms with Gasteiger partial charge in [-0.25, -0.2) is 0 Å². The zero-order valence-corrected chi connectivity index (χ0v) is 12.0. The van der Waals surface area contributed by atoms with Crippen molar-refractivity contribution < 1.29 is 31.4 Å². The lowest BCUT2D eigenvalue weighted by Crippen LogP contribution is -2.43. The molecule has 23 heavy (non-hydrogen) atoms.